The zero-order valence-corrected chi connectivity index (χ0v) is 18.7. The molecule has 8 heteroatoms. The number of carbonyl (C=O) groups is 1. The van der Waals surface area contributed by atoms with Crippen molar-refractivity contribution in [3.05, 3.63) is 77.2 Å². The van der Waals surface area contributed by atoms with Gasteiger partial charge in [-0.3, -0.25) is 9.10 Å². The molecule has 1 N–H and O–H groups in total. The van der Waals surface area contributed by atoms with Gasteiger partial charge in [0.1, 0.15) is 9.96 Å². The van der Waals surface area contributed by atoms with Gasteiger partial charge < -0.3 is 10.1 Å². The summed E-state index contributed by atoms with van der Waals surface area (Å²) in [6.07, 6.45) is 0. The molecule has 0 bridgehead atoms. The summed E-state index contributed by atoms with van der Waals surface area (Å²) in [6.45, 7) is 4.44. The minimum Gasteiger partial charge on any atom is -0.494 e. The van der Waals surface area contributed by atoms with Crippen molar-refractivity contribution < 1.29 is 17.9 Å². The average Bonchev–Trinajstić information content (AvgIpc) is 3.30. The number of anilines is 1. The predicted molar refractivity (Wildman–Crippen MR) is 120 cm³/mol. The van der Waals surface area contributed by atoms with Crippen molar-refractivity contribution in [2.24, 2.45) is 0 Å². The van der Waals surface area contributed by atoms with Gasteiger partial charge in [0.15, 0.2) is 0 Å². The van der Waals surface area contributed by atoms with Crippen LogP contribution in [0.4, 0.5) is 5.69 Å². The number of nitrogens with zero attached hydrogens (tertiary/aromatic N) is 1. The van der Waals surface area contributed by atoms with Crippen LogP contribution in [0.3, 0.4) is 0 Å². The molecular formula is C22H24N2O4S2. The maximum atomic E-state index is 12.6. The lowest BCUT2D eigenvalue weighted by Gasteiger charge is -2.19. The Hall–Kier alpha value is -2.84. The van der Waals surface area contributed by atoms with E-state index in [0.717, 1.165) is 11.3 Å². The molecule has 3 rings (SSSR count). The molecule has 30 heavy (non-hydrogen) atoms. The summed E-state index contributed by atoms with van der Waals surface area (Å²) in [5, 5.41) is 4.68. The largest absolute Gasteiger partial charge is 0.494 e. The van der Waals surface area contributed by atoms with Gasteiger partial charge in [0.05, 0.1) is 18.3 Å². The van der Waals surface area contributed by atoms with Crippen LogP contribution >= 0.6 is 11.3 Å². The van der Waals surface area contributed by atoms with E-state index in [4.69, 9.17) is 4.74 Å². The monoisotopic (exact) mass is 444 g/mol. The van der Waals surface area contributed by atoms with Crippen LogP contribution < -0.4 is 14.4 Å². The third-order valence-electron chi connectivity index (χ3n) is 4.64. The molecule has 0 aliphatic rings. The molecule has 0 radical (unpaired) electrons. The van der Waals surface area contributed by atoms with Crippen molar-refractivity contribution in [1.29, 1.82) is 0 Å². The highest BCUT2D eigenvalue weighted by Gasteiger charge is 2.22. The number of nitrogens with one attached hydrogen (secondary N) is 1. The summed E-state index contributed by atoms with van der Waals surface area (Å²) in [7, 11) is -2.11. The first-order chi connectivity index (χ1) is 14.3. The van der Waals surface area contributed by atoms with E-state index in [1.54, 1.807) is 41.8 Å². The van der Waals surface area contributed by atoms with Gasteiger partial charge in [0, 0.05) is 12.6 Å². The van der Waals surface area contributed by atoms with Crippen molar-refractivity contribution in [1.82, 2.24) is 5.32 Å². The lowest BCUT2D eigenvalue weighted by molar-refractivity contribution is 0.0940. The molecule has 3 aromatic rings. The van der Waals surface area contributed by atoms with E-state index in [-0.39, 0.29) is 16.2 Å². The third kappa shape index (κ3) is 4.83. The molecule has 0 saturated heterocycles. The standard InChI is InChI=1S/C22H24N2O4S2/c1-4-28-20-13-9-17(10-14-20)16(2)23-22(25)18-7-11-19(12-8-18)24(3)30(26,27)21-6-5-15-29-21/h5-16H,4H2,1-3H3,(H,23,25)/t16-/m0/s1. The number of amides is 1. The quantitative estimate of drug-likeness (QED) is 0.556. The van der Waals surface area contributed by atoms with E-state index in [2.05, 4.69) is 5.32 Å². The molecule has 0 fully saturated rings. The Morgan fingerprint density at radius 2 is 1.77 bits per heavy atom. The van der Waals surface area contributed by atoms with Gasteiger partial charge in [0.25, 0.3) is 15.9 Å². The van der Waals surface area contributed by atoms with E-state index >= 15 is 0 Å². The zero-order chi connectivity index (χ0) is 21.7. The average molecular weight is 445 g/mol. The van der Waals surface area contributed by atoms with Crippen LogP contribution in [0.2, 0.25) is 0 Å². The molecule has 2 aromatic carbocycles. The van der Waals surface area contributed by atoms with Gasteiger partial charge >= 0.3 is 0 Å². The zero-order valence-electron chi connectivity index (χ0n) is 17.0. The van der Waals surface area contributed by atoms with Crippen LogP contribution in [0.15, 0.2) is 70.3 Å². The Balaban J connectivity index is 1.67. The molecule has 1 amide bonds. The summed E-state index contributed by atoms with van der Waals surface area (Å²) in [6, 6.07) is 17.2. The minimum absolute atomic E-state index is 0.185. The van der Waals surface area contributed by atoms with Gasteiger partial charge in [0.2, 0.25) is 0 Å². The van der Waals surface area contributed by atoms with Crippen molar-refractivity contribution >= 4 is 33.0 Å². The lowest BCUT2D eigenvalue weighted by Crippen LogP contribution is -2.27. The van der Waals surface area contributed by atoms with Gasteiger partial charge in [-0.1, -0.05) is 18.2 Å². The van der Waals surface area contributed by atoms with Gasteiger partial charge in [-0.2, -0.15) is 0 Å². The molecule has 0 unspecified atom stereocenters. The van der Waals surface area contributed by atoms with Crippen molar-refractivity contribution in [3.8, 4) is 5.75 Å². The van der Waals surface area contributed by atoms with Crippen molar-refractivity contribution in [2.45, 2.75) is 24.1 Å². The Kier molecular flexibility index (Phi) is 6.79. The van der Waals surface area contributed by atoms with E-state index in [9.17, 15) is 13.2 Å². The third-order valence-corrected chi connectivity index (χ3v) is 7.80. The summed E-state index contributed by atoms with van der Waals surface area (Å²) in [4.78, 5) is 12.6. The molecule has 1 heterocycles. The smallest absolute Gasteiger partial charge is 0.273 e. The first-order valence-electron chi connectivity index (χ1n) is 9.49. The van der Waals surface area contributed by atoms with Crippen LogP contribution in [0.1, 0.15) is 35.8 Å². The predicted octanol–water partition coefficient (Wildman–Crippen LogP) is 4.46. The number of carbonyl (C=O) groups excluding carboxylic acids is 1. The number of rotatable bonds is 8. The molecule has 0 aliphatic carbocycles. The number of hydrogen-bond acceptors (Lipinski definition) is 5. The van der Waals surface area contributed by atoms with Gasteiger partial charge in [-0.15, -0.1) is 11.3 Å². The fourth-order valence-electron chi connectivity index (χ4n) is 2.89. The number of ether oxygens (including phenoxy) is 1. The maximum absolute atomic E-state index is 12.6. The molecule has 6 nitrogen and oxygen atoms in total. The lowest BCUT2D eigenvalue weighted by atomic mass is 10.1. The minimum atomic E-state index is -3.60. The van der Waals surface area contributed by atoms with Gasteiger partial charge in [-0.05, 0) is 67.3 Å². The summed E-state index contributed by atoms with van der Waals surface area (Å²) in [5.41, 5.74) is 1.91. The summed E-state index contributed by atoms with van der Waals surface area (Å²) < 4.78 is 32.2. The maximum Gasteiger partial charge on any atom is 0.273 e. The summed E-state index contributed by atoms with van der Waals surface area (Å²) in [5.74, 6) is 0.559. The summed E-state index contributed by atoms with van der Waals surface area (Å²) >= 11 is 1.17. The fourth-order valence-corrected chi connectivity index (χ4v) is 5.25. The van der Waals surface area contributed by atoms with Gasteiger partial charge in [-0.25, -0.2) is 8.42 Å². The van der Waals surface area contributed by atoms with Crippen LogP contribution in [-0.2, 0) is 10.0 Å². The fraction of sp³-hybridized carbons (Fsp3) is 0.227. The molecular weight excluding hydrogens is 420 g/mol. The number of sulfonamides is 1. The Labute approximate surface area is 181 Å². The molecule has 0 aliphatic heterocycles. The number of benzene rings is 2. The topological polar surface area (TPSA) is 75.7 Å². The van der Waals surface area contributed by atoms with Crippen LogP contribution in [0, 0.1) is 0 Å². The molecule has 0 spiro atoms. The highest BCUT2D eigenvalue weighted by Crippen LogP contribution is 2.25. The highest BCUT2D eigenvalue weighted by atomic mass is 32.2. The Morgan fingerprint density at radius 3 is 2.33 bits per heavy atom. The Morgan fingerprint density at radius 1 is 1.10 bits per heavy atom. The van der Waals surface area contributed by atoms with Crippen molar-refractivity contribution in [3.63, 3.8) is 0 Å². The van der Waals surface area contributed by atoms with E-state index in [1.165, 1.54) is 22.7 Å². The molecule has 0 saturated carbocycles. The van der Waals surface area contributed by atoms with Crippen LogP contribution in [-0.4, -0.2) is 28.0 Å². The highest BCUT2D eigenvalue weighted by molar-refractivity contribution is 7.94. The van der Waals surface area contributed by atoms with E-state index in [1.807, 2.05) is 38.1 Å². The first-order valence-corrected chi connectivity index (χ1v) is 11.8. The SMILES string of the molecule is CCOc1ccc([C@H](C)NC(=O)c2ccc(N(C)S(=O)(=O)c3cccs3)cc2)cc1. The number of hydrogen-bond donors (Lipinski definition) is 1. The molecule has 158 valence electrons. The Bertz CT molecular complexity index is 1080. The van der Waals surface area contributed by atoms with Crippen LogP contribution in [0.25, 0.3) is 0 Å². The second kappa shape index (κ2) is 9.32. The van der Waals surface area contributed by atoms with Crippen LogP contribution in [0.5, 0.6) is 5.75 Å². The second-order valence-electron chi connectivity index (χ2n) is 6.65. The molecule has 1 aromatic heterocycles. The van der Waals surface area contributed by atoms with Crippen molar-refractivity contribution in [2.75, 3.05) is 18.0 Å². The van der Waals surface area contributed by atoms with E-state index in [0.29, 0.717) is 17.9 Å². The molecule has 1 atom stereocenters. The first kappa shape index (κ1) is 21.9. The van der Waals surface area contributed by atoms with E-state index < -0.39 is 10.0 Å². The second-order valence-corrected chi connectivity index (χ2v) is 9.79. The normalized spacial score (nSPS) is 12.2. The number of thiophene rings is 1.